The molecule has 1 saturated heterocycles. The van der Waals surface area contributed by atoms with E-state index >= 15 is 0 Å². The smallest absolute Gasteiger partial charge is 0.233 e. The van der Waals surface area contributed by atoms with Crippen molar-refractivity contribution in [3.05, 3.63) is 24.4 Å². The minimum atomic E-state index is -0.439. The van der Waals surface area contributed by atoms with E-state index in [0.717, 1.165) is 42.5 Å². The molecule has 1 fully saturated rings. The van der Waals surface area contributed by atoms with Gasteiger partial charge in [0.2, 0.25) is 5.91 Å². The number of carbonyl (C=O) groups is 1. The lowest BCUT2D eigenvalue weighted by molar-refractivity contribution is -0.130. The third-order valence-electron chi connectivity index (χ3n) is 4.16. The molecule has 0 spiro atoms. The Morgan fingerprint density at radius 3 is 2.91 bits per heavy atom. The number of nitrogens with zero attached hydrogens (tertiary/aromatic N) is 1. The number of hydrogen-bond donors (Lipinski definition) is 3. The van der Waals surface area contributed by atoms with Gasteiger partial charge in [0, 0.05) is 18.2 Å². The Morgan fingerprint density at radius 2 is 2.18 bits per heavy atom. The van der Waals surface area contributed by atoms with Crippen molar-refractivity contribution >= 4 is 34.9 Å². The van der Waals surface area contributed by atoms with Gasteiger partial charge in [0.15, 0.2) is 0 Å². The minimum Gasteiger partial charge on any atom is -0.384 e. The second-order valence-corrected chi connectivity index (χ2v) is 5.59. The van der Waals surface area contributed by atoms with Crippen molar-refractivity contribution in [1.82, 2.24) is 15.5 Å². The maximum atomic E-state index is 12.7. The van der Waals surface area contributed by atoms with Crippen molar-refractivity contribution in [1.29, 1.82) is 0 Å². The largest absolute Gasteiger partial charge is 0.384 e. The van der Waals surface area contributed by atoms with Crippen molar-refractivity contribution in [3.63, 3.8) is 0 Å². The molecule has 0 saturated carbocycles. The topological polar surface area (TPSA) is 79.0 Å². The summed E-state index contributed by atoms with van der Waals surface area (Å²) in [7, 11) is 1.65. The van der Waals surface area contributed by atoms with Crippen molar-refractivity contribution in [2.24, 2.45) is 5.41 Å². The molecule has 2 aromatic rings. The molecule has 1 aliphatic heterocycles. The van der Waals surface area contributed by atoms with Crippen LogP contribution < -0.4 is 10.6 Å². The minimum absolute atomic E-state index is 0. The number of aromatic amines is 1. The Morgan fingerprint density at radius 1 is 1.41 bits per heavy atom. The number of rotatable bonds is 4. The molecule has 0 atom stereocenters. The third kappa shape index (κ3) is 3.24. The molecule has 1 aromatic heterocycles. The fraction of sp³-hybridized carbons (Fsp3) is 0.467. The van der Waals surface area contributed by atoms with Gasteiger partial charge in [0.1, 0.15) is 0 Å². The SMILES string of the molecule is COCC1(C(=O)Nc2ccc3[nH]ncc3c2)CCNCC1.Cl. The molecular weight excluding hydrogens is 304 g/mol. The van der Waals surface area contributed by atoms with E-state index in [1.54, 1.807) is 13.3 Å². The van der Waals surface area contributed by atoms with Crippen LogP contribution in [-0.4, -0.2) is 42.9 Å². The number of nitrogens with one attached hydrogen (secondary N) is 3. The Kier molecular flexibility index (Phi) is 5.39. The van der Waals surface area contributed by atoms with Crippen molar-refractivity contribution in [2.75, 3.05) is 32.1 Å². The molecule has 3 rings (SSSR count). The van der Waals surface area contributed by atoms with Gasteiger partial charge >= 0.3 is 0 Å². The van der Waals surface area contributed by atoms with Gasteiger partial charge in [-0.15, -0.1) is 12.4 Å². The molecule has 0 radical (unpaired) electrons. The number of methoxy groups -OCH3 is 1. The second kappa shape index (κ2) is 7.09. The number of halogens is 1. The molecule has 0 unspecified atom stereocenters. The van der Waals surface area contributed by atoms with Gasteiger partial charge in [-0.05, 0) is 44.1 Å². The van der Waals surface area contributed by atoms with Gasteiger partial charge in [-0.25, -0.2) is 0 Å². The highest BCUT2D eigenvalue weighted by Crippen LogP contribution is 2.31. The number of amides is 1. The zero-order valence-electron chi connectivity index (χ0n) is 12.5. The maximum Gasteiger partial charge on any atom is 0.233 e. The van der Waals surface area contributed by atoms with Crippen molar-refractivity contribution in [2.45, 2.75) is 12.8 Å². The molecule has 2 heterocycles. The molecule has 7 heteroatoms. The lowest BCUT2D eigenvalue weighted by atomic mass is 9.78. The third-order valence-corrected chi connectivity index (χ3v) is 4.16. The Bertz CT molecular complexity index is 632. The van der Waals surface area contributed by atoms with Crippen LogP contribution in [0.2, 0.25) is 0 Å². The average molecular weight is 325 g/mol. The van der Waals surface area contributed by atoms with Gasteiger partial charge in [0.25, 0.3) is 0 Å². The van der Waals surface area contributed by atoms with Gasteiger partial charge < -0.3 is 15.4 Å². The first-order valence-corrected chi connectivity index (χ1v) is 7.18. The number of ether oxygens (including phenoxy) is 1. The van der Waals surface area contributed by atoms with Crippen LogP contribution in [0.5, 0.6) is 0 Å². The molecule has 6 nitrogen and oxygen atoms in total. The fourth-order valence-corrected chi connectivity index (χ4v) is 2.90. The van der Waals surface area contributed by atoms with E-state index in [0.29, 0.717) is 6.61 Å². The predicted molar refractivity (Wildman–Crippen MR) is 88.4 cm³/mol. The number of fused-ring (bicyclic) bond motifs is 1. The molecule has 0 aliphatic carbocycles. The molecule has 22 heavy (non-hydrogen) atoms. The summed E-state index contributed by atoms with van der Waals surface area (Å²) < 4.78 is 5.30. The molecule has 1 aromatic carbocycles. The highest BCUT2D eigenvalue weighted by atomic mass is 35.5. The number of benzene rings is 1. The first-order chi connectivity index (χ1) is 10.2. The van der Waals surface area contributed by atoms with Crippen molar-refractivity contribution < 1.29 is 9.53 Å². The Labute approximate surface area is 135 Å². The van der Waals surface area contributed by atoms with E-state index in [1.165, 1.54) is 0 Å². The highest BCUT2D eigenvalue weighted by molar-refractivity contribution is 5.97. The molecule has 1 amide bonds. The normalized spacial score (nSPS) is 17.0. The lowest BCUT2D eigenvalue weighted by Crippen LogP contribution is -2.47. The number of aromatic nitrogens is 2. The number of H-pyrrole nitrogens is 1. The van der Waals surface area contributed by atoms with E-state index in [4.69, 9.17) is 4.74 Å². The van der Waals surface area contributed by atoms with Gasteiger partial charge in [0.05, 0.1) is 23.7 Å². The Balaban J connectivity index is 0.00000176. The van der Waals surface area contributed by atoms with Crippen LogP contribution in [0.15, 0.2) is 24.4 Å². The number of hydrogen-bond acceptors (Lipinski definition) is 4. The summed E-state index contributed by atoms with van der Waals surface area (Å²) in [6.07, 6.45) is 3.34. The van der Waals surface area contributed by atoms with Crippen LogP contribution in [0.25, 0.3) is 10.9 Å². The quantitative estimate of drug-likeness (QED) is 0.803. The first kappa shape index (κ1) is 16.7. The molecule has 3 N–H and O–H groups in total. The first-order valence-electron chi connectivity index (χ1n) is 7.18. The molecule has 1 aliphatic rings. The van der Waals surface area contributed by atoms with E-state index in [2.05, 4.69) is 20.8 Å². The van der Waals surface area contributed by atoms with Crippen molar-refractivity contribution in [3.8, 4) is 0 Å². The number of piperidine rings is 1. The van der Waals surface area contributed by atoms with Crippen LogP contribution in [0.4, 0.5) is 5.69 Å². The fourth-order valence-electron chi connectivity index (χ4n) is 2.90. The van der Waals surface area contributed by atoms with Gasteiger partial charge in [-0.1, -0.05) is 0 Å². The van der Waals surface area contributed by atoms with Crippen LogP contribution in [-0.2, 0) is 9.53 Å². The standard InChI is InChI=1S/C15H20N4O2.ClH/c1-21-10-15(4-6-16-7-5-15)14(20)18-12-2-3-13-11(8-12)9-17-19-13;/h2-3,8-9,16H,4-7,10H2,1H3,(H,17,19)(H,18,20);1H. The van der Waals surface area contributed by atoms with Crippen LogP contribution in [0, 0.1) is 5.41 Å². The zero-order valence-corrected chi connectivity index (χ0v) is 13.3. The van der Waals surface area contributed by atoms with Crippen LogP contribution in [0.3, 0.4) is 0 Å². The highest BCUT2D eigenvalue weighted by Gasteiger charge is 2.39. The summed E-state index contributed by atoms with van der Waals surface area (Å²) in [5, 5.41) is 14.2. The summed E-state index contributed by atoms with van der Waals surface area (Å²) in [5.41, 5.74) is 1.31. The summed E-state index contributed by atoms with van der Waals surface area (Å²) >= 11 is 0. The number of carbonyl (C=O) groups excluding carboxylic acids is 1. The monoisotopic (exact) mass is 324 g/mol. The van der Waals surface area contributed by atoms with Crippen LogP contribution >= 0.6 is 12.4 Å². The van der Waals surface area contributed by atoms with Gasteiger partial charge in [-0.3, -0.25) is 9.89 Å². The number of anilines is 1. The molecular formula is C15H21ClN4O2. The van der Waals surface area contributed by atoms with E-state index in [9.17, 15) is 4.79 Å². The summed E-state index contributed by atoms with van der Waals surface area (Å²) in [4.78, 5) is 12.7. The van der Waals surface area contributed by atoms with E-state index in [-0.39, 0.29) is 18.3 Å². The summed E-state index contributed by atoms with van der Waals surface area (Å²) in [5.74, 6) is 0.0358. The predicted octanol–water partition coefficient (Wildman–Crippen LogP) is 1.94. The van der Waals surface area contributed by atoms with Crippen LogP contribution in [0.1, 0.15) is 12.8 Å². The van der Waals surface area contributed by atoms with E-state index < -0.39 is 5.41 Å². The average Bonchev–Trinajstić information content (AvgIpc) is 2.96. The molecule has 120 valence electrons. The lowest BCUT2D eigenvalue weighted by Gasteiger charge is -2.35. The van der Waals surface area contributed by atoms with Gasteiger partial charge in [-0.2, -0.15) is 5.10 Å². The summed E-state index contributed by atoms with van der Waals surface area (Å²) in [6.45, 7) is 2.14. The van der Waals surface area contributed by atoms with E-state index in [1.807, 2.05) is 18.2 Å². The maximum absolute atomic E-state index is 12.7. The Hall–Kier alpha value is -1.63. The summed E-state index contributed by atoms with van der Waals surface area (Å²) in [6, 6.07) is 5.74. The molecule has 0 bridgehead atoms. The second-order valence-electron chi connectivity index (χ2n) is 5.59. The zero-order chi connectivity index (χ0) is 14.7.